The summed E-state index contributed by atoms with van der Waals surface area (Å²) in [5.74, 6) is 1.78. The SMILES string of the molecule is CCC(C)(C)Oc1ccc(OC(C)(C)CC)cc1. The standard InChI is InChI=1S/C16H26O2/c1-7-15(3,4)17-13-9-11-14(12-10-13)18-16(5,6)8-2/h9-12H,7-8H2,1-6H3. The molecule has 0 unspecified atom stereocenters. The Balaban J connectivity index is 2.69. The van der Waals surface area contributed by atoms with E-state index in [0.29, 0.717) is 0 Å². The summed E-state index contributed by atoms with van der Waals surface area (Å²) in [5, 5.41) is 0. The molecule has 0 aliphatic carbocycles. The molecule has 0 aromatic heterocycles. The van der Waals surface area contributed by atoms with Crippen LogP contribution in [0, 0.1) is 0 Å². The fraction of sp³-hybridized carbons (Fsp3) is 0.625. The van der Waals surface area contributed by atoms with Gasteiger partial charge in [0.15, 0.2) is 0 Å². The van der Waals surface area contributed by atoms with Gasteiger partial charge in [0.25, 0.3) is 0 Å². The summed E-state index contributed by atoms with van der Waals surface area (Å²) in [6, 6.07) is 7.88. The number of benzene rings is 1. The lowest BCUT2D eigenvalue weighted by Gasteiger charge is -2.26. The zero-order valence-electron chi connectivity index (χ0n) is 12.5. The van der Waals surface area contributed by atoms with Gasteiger partial charge in [-0.05, 0) is 64.8 Å². The Morgan fingerprint density at radius 1 is 0.722 bits per heavy atom. The van der Waals surface area contributed by atoms with Crippen LogP contribution in [0.3, 0.4) is 0 Å². The summed E-state index contributed by atoms with van der Waals surface area (Å²) in [7, 11) is 0. The lowest BCUT2D eigenvalue weighted by Crippen LogP contribution is -2.27. The first-order valence-corrected chi connectivity index (χ1v) is 6.76. The molecule has 0 amide bonds. The molecule has 0 saturated carbocycles. The van der Waals surface area contributed by atoms with Crippen LogP contribution in [-0.4, -0.2) is 11.2 Å². The summed E-state index contributed by atoms with van der Waals surface area (Å²) in [6.45, 7) is 12.6. The molecule has 0 atom stereocenters. The smallest absolute Gasteiger partial charge is 0.120 e. The van der Waals surface area contributed by atoms with Crippen LogP contribution < -0.4 is 9.47 Å². The third-order valence-electron chi connectivity index (χ3n) is 3.31. The maximum absolute atomic E-state index is 5.91. The molecule has 0 aliphatic heterocycles. The number of ether oxygens (including phenoxy) is 2. The Bertz CT molecular complexity index is 326. The van der Waals surface area contributed by atoms with Crippen molar-refractivity contribution < 1.29 is 9.47 Å². The van der Waals surface area contributed by atoms with E-state index in [1.165, 1.54) is 0 Å². The highest BCUT2D eigenvalue weighted by Crippen LogP contribution is 2.26. The molecule has 0 bridgehead atoms. The van der Waals surface area contributed by atoms with E-state index in [1.54, 1.807) is 0 Å². The predicted molar refractivity (Wildman–Crippen MR) is 76.4 cm³/mol. The average Bonchev–Trinajstić information content (AvgIpc) is 2.31. The minimum atomic E-state index is -0.120. The molecule has 1 aromatic rings. The van der Waals surface area contributed by atoms with Crippen molar-refractivity contribution in [1.82, 2.24) is 0 Å². The van der Waals surface area contributed by atoms with E-state index in [2.05, 4.69) is 41.5 Å². The van der Waals surface area contributed by atoms with Gasteiger partial charge >= 0.3 is 0 Å². The molecule has 0 saturated heterocycles. The zero-order chi connectivity index (χ0) is 13.8. The van der Waals surface area contributed by atoms with E-state index < -0.39 is 0 Å². The zero-order valence-corrected chi connectivity index (χ0v) is 12.5. The quantitative estimate of drug-likeness (QED) is 0.720. The van der Waals surface area contributed by atoms with Crippen LogP contribution in [0.2, 0.25) is 0 Å². The second-order valence-corrected chi connectivity index (χ2v) is 5.90. The molecule has 2 nitrogen and oxygen atoms in total. The lowest BCUT2D eigenvalue weighted by atomic mass is 10.1. The van der Waals surface area contributed by atoms with Gasteiger partial charge in [-0.25, -0.2) is 0 Å². The Hall–Kier alpha value is -1.18. The van der Waals surface area contributed by atoms with Crippen molar-refractivity contribution in [2.24, 2.45) is 0 Å². The number of hydrogen-bond acceptors (Lipinski definition) is 2. The van der Waals surface area contributed by atoms with Crippen LogP contribution in [0.25, 0.3) is 0 Å². The highest BCUT2D eigenvalue weighted by atomic mass is 16.5. The van der Waals surface area contributed by atoms with Crippen LogP contribution in [-0.2, 0) is 0 Å². The van der Waals surface area contributed by atoms with Gasteiger partial charge in [-0.2, -0.15) is 0 Å². The Labute approximate surface area is 111 Å². The van der Waals surface area contributed by atoms with Gasteiger partial charge in [-0.15, -0.1) is 0 Å². The Morgan fingerprint density at radius 2 is 1.00 bits per heavy atom. The number of hydrogen-bond donors (Lipinski definition) is 0. The van der Waals surface area contributed by atoms with E-state index in [0.717, 1.165) is 24.3 Å². The van der Waals surface area contributed by atoms with Gasteiger partial charge in [0.2, 0.25) is 0 Å². The normalized spacial score (nSPS) is 12.3. The number of rotatable bonds is 6. The average molecular weight is 250 g/mol. The lowest BCUT2D eigenvalue weighted by molar-refractivity contribution is 0.1000. The van der Waals surface area contributed by atoms with Crippen molar-refractivity contribution in [3.63, 3.8) is 0 Å². The van der Waals surface area contributed by atoms with Gasteiger partial charge < -0.3 is 9.47 Å². The maximum Gasteiger partial charge on any atom is 0.120 e. The third-order valence-corrected chi connectivity index (χ3v) is 3.31. The molecule has 0 fully saturated rings. The van der Waals surface area contributed by atoms with Crippen molar-refractivity contribution in [1.29, 1.82) is 0 Å². The predicted octanol–water partition coefficient (Wildman–Crippen LogP) is 4.82. The minimum absolute atomic E-state index is 0.120. The molecule has 0 aliphatic rings. The van der Waals surface area contributed by atoms with Gasteiger partial charge in [-0.1, -0.05) is 13.8 Å². The van der Waals surface area contributed by atoms with Crippen molar-refractivity contribution in [3.8, 4) is 11.5 Å². The molecule has 18 heavy (non-hydrogen) atoms. The highest BCUT2D eigenvalue weighted by molar-refractivity contribution is 5.32. The van der Waals surface area contributed by atoms with E-state index in [-0.39, 0.29) is 11.2 Å². The molecule has 0 N–H and O–H groups in total. The largest absolute Gasteiger partial charge is 0.488 e. The van der Waals surface area contributed by atoms with Gasteiger partial charge in [0, 0.05) is 0 Å². The highest BCUT2D eigenvalue weighted by Gasteiger charge is 2.18. The molecule has 2 heteroatoms. The van der Waals surface area contributed by atoms with Crippen LogP contribution >= 0.6 is 0 Å². The molecular formula is C16H26O2. The van der Waals surface area contributed by atoms with Crippen LogP contribution in [0.15, 0.2) is 24.3 Å². The second-order valence-electron chi connectivity index (χ2n) is 5.90. The summed E-state index contributed by atoms with van der Waals surface area (Å²) < 4.78 is 11.8. The maximum atomic E-state index is 5.91. The molecule has 0 radical (unpaired) electrons. The van der Waals surface area contributed by atoms with Gasteiger partial charge in [0.05, 0.1) is 0 Å². The van der Waals surface area contributed by atoms with E-state index in [1.807, 2.05) is 24.3 Å². The summed E-state index contributed by atoms with van der Waals surface area (Å²) in [4.78, 5) is 0. The monoisotopic (exact) mass is 250 g/mol. The van der Waals surface area contributed by atoms with E-state index >= 15 is 0 Å². The molecular weight excluding hydrogens is 224 g/mol. The summed E-state index contributed by atoms with van der Waals surface area (Å²) in [5.41, 5.74) is -0.240. The first-order valence-electron chi connectivity index (χ1n) is 6.76. The first kappa shape index (κ1) is 14.9. The van der Waals surface area contributed by atoms with Crippen molar-refractivity contribution in [3.05, 3.63) is 24.3 Å². The third kappa shape index (κ3) is 4.59. The van der Waals surface area contributed by atoms with Gasteiger partial charge in [0.1, 0.15) is 22.7 Å². The minimum Gasteiger partial charge on any atom is -0.488 e. The topological polar surface area (TPSA) is 18.5 Å². The fourth-order valence-electron chi connectivity index (χ4n) is 1.36. The first-order chi connectivity index (χ1) is 8.28. The van der Waals surface area contributed by atoms with Crippen molar-refractivity contribution in [2.45, 2.75) is 65.6 Å². The van der Waals surface area contributed by atoms with Crippen LogP contribution in [0.5, 0.6) is 11.5 Å². The van der Waals surface area contributed by atoms with Crippen LogP contribution in [0.1, 0.15) is 54.4 Å². The van der Waals surface area contributed by atoms with Crippen molar-refractivity contribution >= 4 is 0 Å². The molecule has 1 rings (SSSR count). The molecule has 0 spiro atoms. The molecule has 102 valence electrons. The fourth-order valence-corrected chi connectivity index (χ4v) is 1.36. The summed E-state index contributed by atoms with van der Waals surface area (Å²) in [6.07, 6.45) is 1.96. The van der Waals surface area contributed by atoms with Crippen molar-refractivity contribution in [2.75, 3.05) is 0 Å². The Kier molecular flexibility index (Phi) is 4.66. The summed E-state index contributed by atoms with van der Waals surface area (Å²) >= 11 is 0. The Morgan fingerprint density at radius 3 is 1.22 bits per heavy atom. The van der Waals surface area contributed by atoms with Crippen LogP contribution in [0.4, 0.5) is 0 Å². The molecule has 1 aromatic carbocycles. The second kappa shape index (κ2) is 5.64. The van der Waals surface area contributed by atoms with Gasteiger partial charge in [-0.3, -0.25) is 0 Å². The molecule has 0 heterocycles. The van der Waals surface area contributed by atoms with E-state index in [4.69, 9.17) is 9.47 Å². The van der Waals surface area contributed by atoms with E-state index in [9.17, 15) is 0 Å².